The lowest BCUT2D eigenvalue weighted by Crippen LogP contribution is -2.27. The standard InChI is InChI=1S/C20H23N3O/c1-13-8-9-23-12-17(21-18(23)10-13)15-7-6-14(2)16(11-15)22-19(24)20(3,4)5/h6-12H,1-5H3,(H,22,24). The quantitative estimate of drug-likeness (QED) is 0.749. The first-order chi connectivity index (χ1) is 11.2. The van der Waals surface area contributed by atoms with Gasteiger partial charge < -0.3 is 9.72 Å². The number of pyridine rings is 1. The highest BCUT2D eigenvalue weighted by Gasteiger charge is 2.22. The van der Waals surface area contributed by atoms with E-state index in [0.29, 0.717) is 0 Å². The number of anilines is 1. The Hall–Kier alpha value is -2.62. The highest BCUT2D eigenvalue weighted by atomic mass is 16.2. The van der Waals surface area contributed by atoms with Crippen LogP contribution < -0.4 is 5.32 Å². The maximum Gasteiger partial charge on any atom is 0.229 e. The molecule has 0 unspecified atom stereocenters. The van der Waals surface area contributed by atoms with E-state index in [0.717, 1.165) is 28.2 Å². The first-order valence-electron chi connectivity index (χ1n) is 8.12. The largest absolute Gasteiger partial charge is 0.325 e. The van der Waals surface area contributed by atoms with Crippen molar-refractivity contribution in [1.82, 2.24) is 9.38 Å². The molecule has 2 aromatic heterocycles. The molecule has 1 aromatic carbocycles. The highest BCUT2D eigenvalue weighted by molar-refractivity contribution is 5.95. The van der Waals surface area contributed by atoms with Crippen molar-refractivity contribution in [3.8, 4) is 11.3 Å². The van der Waals surface area contributed by atoms with Crippen LogP contribution in [0.1, 0.15) is 31.9 Å². The first kappa shape index (κ1) is 16.2. The van der Waals surface area contributed by atoms with E-state index in [4.69, 9.17) is 4.98 Å². The number of rotatable bonds is 2. The molecule has 0 saturated carbocycles. The minimum absolute atomic E-state index is 0.00776. The van der Waals surface area contributed by atoms with Crippen LogP contribution in [0.3, 0.4) is 0 Å². The molecule has 0 spiro atoms. The summed E-state index contributed by atoms with van der Waals surface area (Å²) in [6.45, 7) is 9.78. The van der Waals surface area contributed by atoms with Gasteiger partial charge in [0.05, 0.1) is 5.69 Å². The van der Waals surface area contributed by atoms with Crippen LogP contribution in [0.15, 0.2) is 42.7 Å². The molecule has 0 atom stereocenters. The molecule has 0 aliphatic heterocycles. The van der Waals surface area contributed by atoms with E-state index < -0.39 is 5.41 Å². The Morgan fingerprint density at radius 3 is 2.58 bits per heavy atom. The van der Waals surface area contributed by atoms with Gasteiger partial charge in [0.1, 0.15) is 5.65 Å². The first-order valence-corrected chi connectivity index (χ1v) is 8.12. The lowest BCUT2D eigenvalue weighted by Gasteiger charge is -2.19. The molecule has 0 radical (unpaired) electrons. The Labute approximate surface area is 142 Å². The number of fused-ring (bicyclic) bond motifs is 1. The number of carbonyl (C=O) groups is 1. The number of benzene rings is 1. The van der Waals surface area contributed by atoms with Gasteiger partial charge in [-0.3, -0.25) is 4.79 Å². The predicted octanol–water partition coefficient (Wildman–Crippen LogP) is 4.60. The molecule has 24 heavy (non-hydrogen) atoms. The maximum atomic E-state index is 12.3. The van der Waals surface area contributed by atoms with Crippen LogP contribution in [0.2, 0.25) is 0 Å². The lowest BCUT2D eigenvalue weighted by molar-refractivity contribution is -0.123. The zero-order valence-electron chi connectivity index (χ0n) is 14.8. The molecule has 124 valence electrons. The number of hydrogen-bond acceptors (Lipinski definition) is 2. The third-order valence-corrected chi connectivity index (χ3v) is 4.08. The van der Waals surface area contributed by atoms with E-state index >= 15 is 0 Å². The average molecular weight is 321 g/mol. The Morgan fingerprint density at radius 2 is 1.88 bits per heavy atom. The van der Waals surface area contributed by atoms with Crippen LogP contribution in [0.5, 0.6) is 0 Å². The summed E-state index contributed by atoms with van der Waals surface area (Å²) in [6.07, 6.45) is 4.02. The van der Waals surface area contributed by atoms with Crippen molar-refractivity contribution in [3.05, 3.63) is 53.9 Å². The summed E-state index contributed by atoms with van der Waals surface area (Å²) in [7, 11) is 0. The SMILES string of the molecule is Cc1ccn2cc(-c3ccc(C)c(NC(=O)C(C)(C)C)c3)nc2c1. The highest BCUT2D eigenvalue weighted by Crippen LogP contribution is 2.27. The molecule has 2 heterocycles. The van der Waals surface area contributed by atoms with Gasteiger partial charge in [0.25, 0.3) is 0 Å². The summed E-state index contributed by atoms with van der Waals surface area (Å²) in [5, 5.41) is 3.03. The van der Waals surface area contributed by atoms with E-state index in [1.54, 1.807) is 0 Å². The van der Waals surface area contributed by atoms with Crippen molar-refractivity contribution in [2.45, 2.75) is 34.6 Å². The third-order valence-electron chi connectivity index (χ3n) is 4.08. The second-order valence-electron chi connectivity index (χ2n) is 7.33. The van der Waals surface area contributed by atoms with E-state index in [1.165, 1.54) is 5.56 Å². The molecule has 0 aliphatic carbocycles. The van der Waals surface area contributed by atoms with Gasteiger partial charge in [0.2, 0.25) is 5.91 Å². The molecular weight excluding hydrogens is 298 g/mol. The van der Waals surface area contributed by atoms with Gasteiger partial charge in [0, 0.05) is 29.1 Å². The molecule has 1 N–H and O–H groups in total. The second-order valence-corrected chi connectivity index (χ2v) is 7.33. The normalized spacial score (nSPS) is 11.7. The van der Waals surface area contributed by atoms with Crippen molar-refractivity contribution >= 4 is 17.2 Å². The van der Waals surface area contributed by atoms with Crippen molar-refractivity contribution in [2.75, 3.05) is 5.32 Å². The molecule has 0 saturated heterocycles. The summed E-state index contributed by atoms with van der Waals surface area (Å²) >= 11 is 0. The molecular formula is C20H23N3O. The number of nitrogens with one attached hydrogen (secondary N) is 1. The molecule has 3 rings (SSSR count). The fourth-order valence-electron chi connectivity index (χ4n) is 2.45. The van der Waals surface area contributed by atoms with Crippen LogP contribution in [0.25, 0.3) is 16.9 Å². The fourth-order valence-corrected chi connectivity index (χ4v) is 2.45. The number of nitrogens with zero attached hydrogens (tertiary/aromatic N) is 2. The summed E-state index contributed by atoms with van der Waals surface area (Å²) in [6, 6.07) is 10.2. The number of carbonyl (C=O) groups excluding carboxylic acids is 1. The average Bonchev–Trinajstić information content (AvgIpc) is 2.91. The van der Waals surface area contributed by atoms with Crippen LogP contribution in [0, 0.1) is 19.3 Å². The molecule has 0 fully saturated rings. The van der Waals surface area contributed by atoms with Crippen LogP contribution in [0.4, 0.5) is 5.69 Å². The Bertz CT molecular complexity index is 916. The second kappa shape index (κ2) is 5.78. The van der Waals surface area contributed by atoms with Crippen LogP contribution >= 0.6 is 0 Å². The van der Waals surface area contributed by atoms with Crippen molar-refractivity contribution in [3.63, 3.8) is 0 Å². The van der Waals surface area contributed by atoms with Crippen molar-refractivity contribution in [1.29, 1.82) is 0 Å². The number of imidazole rings is 1. The smallest absolute Gasteiger partial charge is 0.229 e. The van der Waals surface area contributed by atoms with Gasteiger partial charge in [-0.1, -0.05) is 32.9 Å². The lowest BCUT2D eigenvalue weighted by atomic mass is 9.95. The zero-order chi connectivity index (χ0) is 17.5. The van der Waals surface area contributed by atoms with Gasteiger partial charge in [-0.15, -0.1) is 0 Å². The molecule has 3 aromatic rings. The summed E-state index contributed by atoms with van der Waals surface area (Å²) in [5.74, 6) is 0.00776. The van der Waals surface area contributed by atoms with Gasteiger partial charge >= 0.3 is 0 Å². The van der Waals surface area contributed by atoms with E-state index in [1.807, 2.05) is 62.7 Å². The van der Waals surface area contributed by atoms with Gasteiger partial charge in [-0.05, 0) is 43.2 Å². The summed E-state index contributed by atoms with van der Waals surface area (Å²) in [5.41, 5.74) is 5.44. The van der Waals surface area contributed by atoms with Crippen molar-refractivity contribution in [2.24, 2.45) is 5.41 Å². The number of aromatic nitrogens is 2. The maximum absolute atomic E-state index is 12.3. The molecule has 0 aliphatic rings. The summed E-state index contributed by atoms with van der Waals surface area (Å²) in [4.78, 5) is 17.0. The fraction of sp³-hybridized carbons (Fsp3) is 0.300. The Kier molecular flexibility index (Phi) is 3.91. The van der Waals surface area contributed by atoms with Gasteiger partial charge in [-0.25, -0.2) is 4.98 Å². The Balaban J connectivity index is 1.99. The van der Waals surface area contributed by atoms with Gasteiger partial charge in [-0.2, -0.15) is 0 Å². The molecule has 4 nitrogen and oxygen atoms in total. The van der Waals surface area contributed by atoms with E-state index in [2.05, 4.69) is 24.4 Å². The number of aryl methyl sites for hydroxylation is 2. The van der Waals surface area contributed by atoms with E-state index in [-0.39, 0.29) is 5.91 Å². The summed E-state index contributed by atoms with van der Waals surface area (Å²) < 4.78 is 2.01. The van der Waals surface area contributed by atoms with Crippen LogP contribution in [-0.2, 0) is 4.79 Å². The molecule has 0 bridgehead atoms. The van der Waals surface area contributed by atoms with Crippen molar-refractivity contribution < 1.29 is 4.79 Å². The minimum atomic E-state index is -0.428. The van der Waals surface area contributed by atoms with Crippen LogP contribution in [-0.4, -0.2) is 15.3 Å². The predicted molar refractivity (Wildman–Crippen MR) is 98.2 cm³/mol. The molecule has 1 amide bonds. The minimum Gasteiger partial charge on any atom is -0.325 e. The van der Waals surface area contributed by atoms with E-state index in [9.17, 15) is 4.79 Å². The third kappa shape index (κ3) is 3.18. The Morgan fingerprint density at radius 1 is 1.12 bits per heavy atom. The zero-order valence-corrected chi connectivity index (χ0v) is 14.8. The van der Waals surface area contributed by atoms with Gasteiger partial charge in [0.15, 0.2) is 0 Å². The topological polar surface area (TPSA) is 46.4 Å². The monoisotopic (exact) mass is 321 g/mol. The number of hydrogen-bond donors (Lipinski definition) is 1. The number of amides is 1. The molecule has 4 heteroatoms.